The van der Waals surface area contributed by atoms with E-state index in [2.05, 4.69) is 18.3 Å². The number of thioether (sulfide) groups is 1. The van der Waals surface area contributed by atoms with Gasteiger partial charge in [0.25, 0.3) is 0 Å². The van der Waals surface area contributed by atoms with Crippen molar-refractivity contribution in [2.75, 3.05) is 11.9 Å². The Hall–Kier alpha value is -0.670. The molecule has 0 fully saturated rings. The maximum absolute atomic E-state index is 8.98. The Balaban J connectivity index is 2.32. The number of anilines is 1. The lowest BCUT2D eigenvalue weighted by atomic mass is 10.2. The molecular weight excluding hydrogens is 182 g/mol. The van der Waals surface area contributed by atoms with Gasteiger partial charge in [-0.1, -0.05) is 13.0 Å². The highest BCUT2D eigenvalue weighted by Gasteiger charge is 2.14. The van der Waals surface area contributed by atoms with Gasteiger partial charge in [0.05, 0.1) is 6.61 Å². The number of rotatable bonds is 1. The fourth-order valence-electron chi connectivity index (χ4n) is 1.42. The molecule has 0 amide bonds. The molecule has 1 aromatic rings. The van der Waals surface area contributed by atoms with E-state index in [0.717, 1.165) is 12.1 Å². The van der Waals surface area contributed by atoms with Crippen LogP contribution in [0.1, 0.15) is 12.5 Å². The van der Waals surface area contributed by atoms with Gasteiger partial charge in [-0.05, 0) is 17.7 Å². The number of benzene rings is 1. The van der Waals surface area contributed by atoms with E-state index in [9.17, 15) is 0 Å². The molecule has 0 saturated heterocycles. The zero-order chi connectivity index (χ0) is 9.26. The molecule has 2 N–H and O–H groups in total. The molecule has 1 heterocycles. The van der Waals surface area contributed by atoms with Crippen LogP contribution in [-0.4, -0.2) is 16.9 Å². The summed E-state index contributed by atoms with van der Waals surface area (Å²) >= 11 is 1.87. The molecule has 0 radical (unpaired) electrons. The molecule has 1 unspecified atom stereocenters. The van der Waals surface area contributed by atoms with Crippen LogP contribution in [0.3, 0.4) is 0 Å². The number of hydrogen-bond donors (Lipinski definition) is 2. The van der Waals surface area contributed by atoms with Crippen LogP contribution in [0.5, 0.6) is 0 Å². The highest BCUT2D eigenvalue weighted by Crippen LogP contribution is 2.35. The number of hydrogen-bond acceptors (Lipinski definition) is 3. The van der Waals surface area contributed by atoms with Gasteiger partial charge in [-0.2, -0.15) is 0 Å². The van der Waals surface area contributed by atoms with Gasteiger partial charge in [-0.25, -0.2) is 0 Å². The Bertz CT molecular complexity index is 314. The Labute approximate surface area is 82.4 Å². The average Bonchev–Trinajstić information content (AvgIpc) is 2.16. The second-order valence-electron chi connectivity index (χ2n) is 3.30. The quantitative estimate of drug-likeness (QED) is 0.719. The number of aliphatic hydroxyl groups excluding tert-OH is 1. The van der Waals surface area contributed by atoms with Crippen molar-refractivity contribution in [3.05, 3.63) is 23.8 Å². The Morgan fingerprint density at radius 3 is 3.23 bits per heavy atom. The van der Waals surface area contributed by atoms with Crippen molar-refractivity contribution in [3.8, 4) is 0 Å². The molecule has 0 saturated carbocycles. The van der Waals surface area contributed by atoms with E-state index < -0.39 is 0 Å². The Morgan fingerprint density at radius 1 is 1.62 bits per heavy atom. The normalized spacial score (nSPS) is 20.6. The Morgan fingerprint density at radius 2 is 2.46 bits per heavy atom. The summed E-state index contributed by atoms with van der Waals surface area (Å²) in [7, 11) is 0. The van der Waals surface area contributed by atoms with Crippen LogP contribution in [0, 0.1) is 0 Å². The minimum Gasteiger partial charge on any atom is -0.392 e. The summed E-state index contributed by atoms with van der Waals surface area (Å²) in [5.74, 6) is 0. The van der Waals surface area contributed by atoms with E-state index in [1.807, 2.05) is 23.9 Å². The zero-order valence-electron chi connectivity index (χ0n) is 7.58. The molecule has 0 spiro atoms. The van der Waals surface area contributed by atoms with E-state index in [1.165, 1.54) is 10.6 Å². The maximum Gasteiger partial charge on any atom is 0.0682 e. The van der Waals surface area contributed by atoms with E-state index in [0.29, 0.717) is 5.25 Å². The molecule has 1 aliphatic heterocycles. The van der Waals surface area contributed by atoms with Gasteiger partial charge in [0.1, 0.15) is 0 Å². The number of nitrogens with one attached hydrogen (secondary N) is 1. The average molecular weight is 195 g/mol. The van der Waals surface area contributed by atoms with E-state index in [4.69, 9.17) is 5.11 Å². The van der Waals surface area contributed by atoms with Crippen LogP contribution in [0.4, 0.5) is 5.69 Å². The summed E-state index contributed by atoms with van der Waals surface area (Å²) < 4.78 is 0. The molecule has 1 atom stereocenters. The second kappa shape index (κ2) is 3.60. The summed E-state index contributed by atoms with van der Waals surface area (Å²) in [5, 5.41) is 12.9. The monoisotopic (exact) mass is 195 g/mol. The summed E-state index contributed by atoms with van der Waals surface area (Å²) in [4.78, 5) is 1.25. The second-order valence-corrected chi connectivity index (χ2v) is 4.78. The first-order valence-electron chi connectivity index (χ1n) is 4.44. The van der Waals surface area contributed by atoms with Gasteiger partial charge < -0.3 is 10.4 Å². The first kappa shape index (κ1) is 8.91. The molecule has 0 aromatic heterocycles. The lowest BCUT2D eigenvalue weighted by Crippen LogP contribution is -2.18. The maximum atomic E-state index is 8.98. The summed E-state index contributed by atoms with van der Waals surface area (Å²) in [6.45, 7) is 3.35. The van der Waals surface area contributed by atoms with Crippen LogP contribution in [0.25, 0.3) is 0 Å². The van der Waals surface area contributed by atoms with Crippen molar-refractivity contribution in [1.29, 1.82) is 0 Å². The molecule has 1 aliphatic rings. The van der Waals surface area contributed by atoms with Crippen molar-refractivity contribution in [2.45, 2.75) is 23.7 Å². The molecular formula is C10H13NOS. The predicted octanol–water partition coefficient (Wildman–Crippen LogP) is 2.08. The van der Waals surface area contributed by atoms with Crippen molar-refractivity contribution in [3.63, 3.8) is 0 Å². The third-order valence-corrected chi connectivity index (χ3v) is 3.30. The zero-order valence-corrected chi connectivity index (χ0v) is 8.40. The molecule has 2 rings (SSSR count). The van der Waals surface area contributed by atoms with Crippen LogP contribution < -0.4 is 5.32 Å². The van der Waals surface area contributed by atoms with Gasteiger partial charge >= 0.3 is 0 Å². The molecule has 0 bridgehead atoms. The van der Waals surface area contributed by atoms with Crippen LogP contribution in [-0.2, 0) is 6.61 Å². The fourth-order valence-corrected chi connectivity index (χ4v) is 2.51. The summed E-state index contributed by atoms with van der Waals surface area (Å²) in [6, 6.07) is 6.06. The molecule has 70 valence electrons. The molecule has 13 heavy (non-hydrogen) atoms. The number of fused-ring (bicyclic) bond motifs is 1. The highest BCUT2D eigenvalue weighted by atomic mass is 32.2. The SMILES string of the molecule is CC1CNc2ccc(CO)cc2S1. The molecule has 1 aromatic carbocycles. The largest absolute Gasteiger partial charge is 0.392 e. The minimum absolute atomic E-state index is 0.127. The van der Waals surface area contributed by atoms with Gasteiger partial charge in [-0.3, -0.25) is 0 Å². The molecule has 0 aliphatic carbocycles. The van der Waals surface area contributed by atoms with Crippen molar-refractivity contribution >= 4 is 17.4 Å². The number of aliphatic hydroxyl groups is 1. The summed E-state index contributed by atoms with van der Waals surface area (Å²) in [6.07, 6.45) is 0. The van der Waals surface area contributed by atoms with Gasteiger partial charge in [0, 0.05) is 22.4 Å². The summed E-state index contributed by atoms with van der Waals surface area (Å²) in [5.41, 5.74) is 2.18. The van der Waals surface area contributed by atoms with Crippen LogP contribution in [0.15, 0.2) is 23.1 Å². The van der Waals surface area contributed by atoms with Crippen molar-refractivity contribution < 1.29 is 5.11 Å². The molecule has 3 heteroatoms. The predicted molar refractivity (Wildman–Crippen MR) is 56.2 cm³/mol. The lowest BCUT2D eigenvalue weighted by molar-refractivity contribution is 0.281. The smallest absolute Gasteiger partial charge is 0.0682 e. The standard InChI is InChI=1S/C10H13NOS/c1-7-5-11-9-3-2-8(6-12)4-10(9)13-7/h2-4,7,11-12H,5-6H2,1H3. The van der Waals surface area contributed by atoms with Crippen LogP contribution in [0.2, 0.25) is 0 Å². The van der Waals surface area contributed by atoms with E-state index >= 15 is 0 Å². The van der Waals surface area contributed by atoms with Gasteiger partial charge in [0.2, 0.25) is 0 Å². The Kier molecular flexibility index (Phi) is 2.47. The lowest BCUT2D eigenvalue weighted by Gasteiger charge is -2.23. The first-order chi connectivity index (χ1) is 6.29. The van der Waals surface area contributed by atoms with Gasteiger partial charge in [0.15, 0.2) is 0 Å². The molecule has 2 nitrogen and oxygen atoms in total. The first-order valence-corrected chi connectivity index (χ1v) is 5.32. The van der Waals surface area contributed by atoms with Crippen molar-refractivity contribution in [2.24, 2.45) is 0 Å². The van der Waals surface area contributed by atoms with Crippen molar-refractivity contribution in [1.82, 2.24) is 0 Å². The third kappa shape index (κ3) is 1.81. The van der Waals surface area contributed by atoms with E-state index in [1.54, 1.807) is 0 Å². The fraction of sp³-hybridized carbons (Fsp3) is 0.400. The van der Waals surface area contributed by atoms with Gasteiger partial charge in [-0.15, -0.1) is 11.8 Å². The third-order valence-electron chi connectivity index (χ3n) is 2.14. The van der Waals surface area contributed by atoms with E-state index in [-0.39, 0.29) is 6.61 Å². The minimum atomic E-state index is 0.127. The van der Waals surface area contributed by atoms with Crippen LogP contribution >= 0.6 is 11.8 Å². The highest BCUT2D eigenvalue weighted by molar-refractivity contribution is 8.00. The topological polar surface area (TPSA) is 32.3 Å².